The van der Waals surface area contributed by atoms with E-state index in [9.17, 15) is 13.2 Å². The number of nitrogens with zero attached hydrogens (tertiary/aromatic N) is 1. The molecular formula is C18H20N2O5S. The number of morpholine rings is 1. The smallest absolute Gasteiger partial charge is 0.335 e. The summed E-state index contributed by atoms with van der Waals surface area (Å²) < 4.78 is 33.0. The molecule has 1 aliphatic heterocycles. The predicted octanol–water partition coefficient (Wildman–Crippen LogP) is 2.33. The van der Waals surface area contributed by atoms with Gasteiger partial charge in [0, 0.05) is 18.8 Å². The highest BCUT2D eigenvalue weighted by Gasteiger charge is 2.18. The molecular weight excluding hydrogens is 356 g/mol. The van der Waals surface area contributed by atoms with Gasteiger partial charge in [0.15, 0.2) is 0 Å². The van der Waals surface area contributed by atoms with Crippen molar-refractivity contribution in [2.24, 2.45) is 0 Å². The molecule has 138 valence electrons. The van der Waals surface area contributed by atoms with Gasteiger partial charge < -0.3 is 14.7 Å². The van der Waals surface area contributed by atoms with Crippen LogP contribution >= 0.6 is 0 Å². The quantitative estimate of drug-likeness (QED) is 0.831. The van der Waals surface area contributed by atoms with Crippen LogP contribution in [0.3, 0.4) is 0 Å². The van der Waals surface area contributed by atoms with E-state index in [1.54, 1.807) is 6.07 Å². The second-order valence-electron chi connectivity index (χ2n) is 6.04. The Balaban J connectivity index is 1.83. The number of benzene rings is 2. The second-order valence-corrected chi connectivity index (χ2v) is 7.72. The zero-order valence-corrected chi connectivity index (χ0v) is 15.1. The normalized spacial score (nSPS) is 14.9. The summed E-state index contributed by atoms with van der Waals surface area (Å²) in [5.74, 6) is -1.17. The topological polar surface area (TPSA) is 95.9 Å². The van der Waals surface area contributed by atoms with Gasteiger partial charge in [0.2, 0.25) is 0 Å². The number of sulfonamides is 1. The van der Waals surface area contributed by atoms with E-state index in [1.807, 2.05) is 19.1 Å². The van der Waals surface area contributed by atoms with E-state index in [0.717, 1.165) is 30.4 Å². The van der Waals surface area contributed by atoms with Crippen LogP contribution in [-0.2, 0) is 14.8 Å². The van der Waals surface area contributed by atoms with Crippen molar-refractivity contribution < 1.29 is 23.1 Å². The maximum atomic E-state index is 12.6. The van der Waals surface area contributed by atoms with E-state index < -0.39 is 16.0 Å². The number of ether oxygens (including phenoxy) is 1. The zero-order valence-electron chi connectivity index (χ0n) is 14.3. The number of hydrogen-bond donors (Lipinski definition) is 2. The van der Waals surface area contributed by atoms with Crippen LogP contribution in [0.25, 0.3) is 0 Å². The molecule has 0 unspecified atom stereocenters. The molecule has 0 aromatic heterocycles. The number of carbonyl (C=O) groups is 1. The number of hydrogen-bond acceptors (Lipinski definition) is 5. The number of nitrogens with one attached hydrogen (secondary N) is 1. The summed E-state index contributed by atoms with van der Waals surface area (Å²) in [5, 5.41) is 9.03. The second kappa shape index (κ2) is 7.35. The van der Waals surface area contributed by atoms with Crippen LogP contribution in [0.15, 0.2) is 47.4 Å². The van der Waals surface area contributed by atoms with Gasteiger partial charge in [-0.25, -0.2) is 13.2 Å². The van der Waals surface area contributed by atoms with E-state index >= 15 is 0 Å². The van der Waals surface area contributed by atoms with Crippen molar-refractivity contribution >= 4 is 27.4 Å². The molecule has 2 N–H and O–H groups in total. The lowest BCUT2D eigenvalue weighted by Crippen LogP contribution is -2.36. The molecule has 0 aliphatic carbocycles. The molecule has 26 heavy (non-hydrogen) atoms. The minimum absolute atomic E-state index is 0.0766. The molecule has 0 atom stereocenters. The number of rotatable bonds is 5. The van der Waals surface area contributed by atoms with Crippen LogP contribution in [-0.4, -0.2) is 45.8 Å². The largest absolute Gasteiger partial charge is 0.478 e. The van der Waals surface area contributed by atoms with Crippen molar-refractivity contribution in [3.63, 3.8) is 0 Å². The molecule has 3 rings (SSSR count). The van der Waals surface area contributed by atoms with Gasteiger partial charge in [0.1, 0.15) is 0 Å². The first kappa shape index (κ1) is 18.2. The van der Waals surface area contributed by atoms with Crippen molar-refractivity contribution in [3.05, 3.63) is 53.6 Å². The zero-order chi connectivity index (χ0) is 18.7. The van der Waals surface area contributed by atoms with Crippen molar-refractivity contribution in [1.82, 2.24) is 0 Å². The van der Waals surface area contributed by atoms with Crippen molar-refractivity contribution in [3.8, 4) is 0 Å². The lowest BCUT2D eigenvalue weighted by molar-refractivity contribution is 0.0696. The molecule has 0 saturated carbocycles. The highest BCUT2D eigenvalue weighted by molar-refractivity contribution is 7.92. The highest BCUT2D eigenvalue weighted by Crippen LogP contribution is 2.25. The molecule has 2 aromatic carbocycles. The van der Waals surface area contributed by atoms with E-state index in [-0.39, 0.29) is 10.5 Å². The average Bonchev–Trinajstić information content (AvgIpc) is 2.64. The molecule has 0 amide bonds. The SMILES string of the molecule is Cc1cc(N2CCOCC2)ccc1NS(=O)(=O)c1cccc(C(=O)O)c1. The molecule has 2 aromatic rings. The van der Waals surface area contributed by atoms with Gasteiger partial charge in [0.25, 0.3) is 10.0 Å². The molecule has 0 radical (unpaired) electrons. The van der Waals surface area contributed by atoms with Crippen molar-refractivity contribution in [1.29, 1.82) is 0 Å². The Hall–Kier alpha value is -2.58. The average molecular weight is 376 g/mol. The third-order valence-corrected chi connectivity index (χ3v) is 5.59. The Morgan fingerprint density at radius 3 is 2.54 bits per heavy atom. The van der Waals surface area contributed by atoms with Gasteiger partial charge in [-0.05, 0) is 48.9 Å². The number of carboxylic acid groups (broad SMARTS) is 1. The molecule has 8 heteroatoms. The summed E-state index contributed by atoms with van der Waals surface area (Å²) in [6.45, 7) is 4.77. The Bertz CT molecular complexity index is 921. The summed E-state index contributed by atoms with van der Waals surface area (Å²) in [4.78, 5) is 13.1. The maximum absolute atomic E-state index is 12.6. The maximum Gasteiger partial charge on any atom is 0.335 e. The van der Waals surface area contributed by atoms with Crippen molar-refractivity contribution in [2.45, 2.75) is 11.8 Å². The fraction of sp³-hybridized carbons (Fsp3) is 0.278. The number of aryl methyl sites for hydroxylation is 1. The van der Waals surface area contributed by atoms with Gasteiger partial charge in [-0.3, -0.25) is 4.72 Å². The first-order valence-electron chi connectivity index (χ1n) is 8.16. The summed E-state index contributed by atoms with van der Waals surface area (Å²) >= 11 is 0. The van der Waals surface area contributed by atoms with Gasteiger partial charge in [-0.1, -0.05) is 6.07 Å². The molecule has 1 heterocycles. The third kappa shape index (κ3) is 3.97. The van der Waals surface area contributed by atoms with Gasteiger partial charge >= 0.3 is 5.97 Å². The van der Waals surface area contributed by atoms with Crippen molar-refractivity contribution in [2.75, 3.05) is 35.9 Å². The molecule has 1 fully saturated rings. The van der Waals surface area contributed by atoms with Crippen LogP contribution in [0.5, 0.6) is 0 Å². The summed E-state index contributed by atoms with van der Waals surface area (Å²) in [6, 6.07) is 10.8. The molecule has 1 saturated heterocycles. The fourth-order valence-electron chi connectivity index (χ4n) is 2.78. The predicted molar refractivity (Wildman–Crippen MR) is 98.4 cm³/mol. The first-order chi connectivity index (χ1) is 12.4. The van der Waals surface area contributed by atoms with Gasteiger partial charge in [-0.2, -0.15) is 0 Å². The van der Waals surface area contributed by atoms with Crippen LogP contribution in [0.4, 0.5) is 11.4 Å². The molecule has 0 bridgehead atoms. The van der Waals surface area contributed by atoms with E-state index in [0.29, 0.717) is 18.9 Å². The van der Waals surface area contributed by atoms with Gasteiger partial charge in [-0.15, -0.1) is 0 Å². The van der Waals surface area contributed by atoms with Gasteiger partial charge in [0.05, 0.1) is 29.4 Å². The standard InChI is InChI=1S/C18H20N2O5S/c1-13-11-15(20-7-9-25-10-8-20)5-6-17(13)19-26(23,24)16-4-2-3-14(12-16)18(21)22/h2-6,11-12,19H,7-10H2,1H3,(H,21,22). The monoisotopic (exact) mass is 376 g/mol. The first-order valence-corrected chi connectivity index (χ1v) is 9.65. The van der Waals surface area contributed by atoms with E-state index in [2.05, 4.69) is 9.62 Å². The van der Waals surface area contributed by atoms with Crippen LogP contribution in [0.2, 0.25) is 0 Å². The summed E-state index contributed by atoms with van der Waals surface area (Å²) in [7, 11) is -3.88. The third-order valence-electron chi connectivity index (χ3n) is 4.22. The Morgan fingerprint density at radius 2 is 1.88 bits per heavy atom. The minimum Gasteiger partial charge on any atom is -0.478 e. The Morgan fingerprint density at radius 1 is 1.15 bits per heavy atom. The number of carboxylic acids is 1. The van der Waals surface area contributed by atoms with E-state index in [4.69, 9.17) is 9.84 Å². The summed E-state index contributed by atoms with van der Waals surface area (Å²) in [5.41, 5.74) is 2.18. The fourth-order valence-corrected chi connectivity index (χ4v) is 3.96. The van der Waals surface area contributed by atoms with Crippen LogP contribution in [0.1, 0.15) is 15.9 Å². The van der Waals surface area contributed by atoms with E-state index in [1.165, 1.54) is 18.2 Å². The number of anilines is 2. The lowest BCUT2D eigenvalue weighted by Gasteiger charge is -2.29. The van der Waals surface area contributed by atoms with Crippen LogP contribution < -0.4 is 9.62 Å². The minimum atomic E-state index is -3.88. The number of aromatic carboxylic acids is 1. The molecule has 1 aliphatic rings. The highest BCUT2D eigenvalue weighted by atomic mass is 32.2. The summed E-state index contributed by atoms with van der Waals surface area (Å²) in [6.07, 6.45) is 0. The van der Waals surface area contributed by atoms with Crippen LogP contribution in [0, 0.1) is 6.92 Å². The Kier molecular flexibility index (Phi) is 5.15. The molecule has 0 spiro atoms. The lowest BCUT2D eigenvalue weighted by atomic mass is 10.1. The molecule has 7 nitrogen and oxygen atoms in total. The Labute approximate surface area is 152 Å².